The predicted octanol–water partition coefficient (Wildman–Crippen LogP) is 2.57. The summed E-state index contributed by atoms with van der Waals surface area (Å²) >= 11 is 3.42. The summed E-state index contributed by atoms with van der Waals surface area (Å²) in [4.78, 5) is 11.8. The van der Waals surface area contributed by atoms with E-state index in [1.54, 1.807) is 6.92 Å². The smallest absolute Gasteiger partial charge is 0.223 e. The first kappa shape index (κ1) is 13.6. The minimum Gasteiger partial charge on any atom is -0.384 e. The minimum atomic E-state index is -1.06. The highest BCUT2D eigenvalue weighted by Gasteiger charge is 2.29. The van der Waals surface area contributed by atoms with Crippen LogP contribution in [0.2, 0.25) is 0 Å². The molecule has 0 heterocycles. The normalized spacial score (nSPS) is 18.8. The highest BCUT2D eigenvalue weighted by atomic mass is 79.9. The van der Waals surface area contributed by atoms with Crippen molar-refractivity contribution in [2.75, 3.05) is 6.54 Å². The van der Waals surface area contributed by atoms with Crippen molar-refractivity contribution in [2.45, 2.75) is 31.8 Å². The zero-order valence-corrected chi connectivity index (χ0v) is 12.0. The first-order valence-corrected chi connectivity index (χ1v) is 7.05. The average Bonchev–Trinajstić information content (AvgIpc) is 2.24. The van der Waals surface area contributed by atoms with Crippen LogP contribution in [-0.4, -0.2) is 17.6 Å². The number of hydrogen-bond donors (Lipinski definition) is 2. The molecule has 0 aliphatic heterocycles. The first-order chi connectivity index (χ1) is 8.50. The summed E-state index contributed by atoms with van der Waals surface area (Å²) in [6.07, 6.45) is 3.09. The summed E-state index contributed by atoms with van der Waals surface area (Å²) in [6.45, 7) is 1.96. The second kappa shape index (κ2) is 5.41. The van der Waals surface area contributed by atoms with Crippen molar-refractivity contribution < 1.29 is 9.90 Å². The van der Waals surface area contributed by atoms with Gasteiger partial charge in [0.1, 0.15) is 5.60 Å². The fourth-order valence-corrected chi connectivity index (χ4v) is 2.78. The number of carbonyl (C=O) groups excluding carboxylic acids is 1. The van der Waals surface area contributed by atoms with Crippen LogP contribution in [0.15, 0.2) is 28.7 Å². The predicted molar refractivity (Wildman–Crippen MR) is 74.1 cm³/mol. The molecule has 18 heavy (non-hydrogen) atoms. The fraction of sp³-hybridized carbons (Fsp3) is 0.500. The van der Waals surface area contributed by atoms with E-state index in [9.17, 15) is 9.90 Å². The lowest BCUT2D eigenvalue weighted by Gasteiger charge is -2.29. The number of carbonyl (C=O) groups is 1. The number of aliphatic hydroxyl groups is 1. The van der Waals surface area contributed by atoms with Gasteiger partial charge in [-0.25, -0.2) is 0 Å². The van der Waals surface area contributed by atoms with Crippen LogP contribution < -0.4 is 5.32 Å². The Hall–Kier alpha value is -0.870. The monoisotopic (exact) mass is 311 g/mol. The Morgan fingerprint density at radius 2 is 2.17 bits per heavy atom. The van der Waals surface area contributed by atoms with Crippen molar-refractivity contribution >= 4 is 21.8 Å². The van der Waals surface area contributed by atoms with Crippen molar-refractivity contribution in [2.24, 2.45) is 5.92 Å². The lowest BCUT2D eigenvalue weighted by Crippen LogP contribution is -2.42. The number of amides is 1. The van der Waals surface area contributed by atoms with E-state index in [0.29, 0.717) is 0 Å². The Labute approximate surface area is 116 Å². The Balaban J connectivity index is 1.98. The fourth-order valence-electron chi connectivity index (χ4n) is 2.07. The van der Waals surface area contributed by atoms with Gasteiger partial charge in [-0.05, 0) is 31.4 Å². The van der Waals surface area contributed by atoms with Gasteiger partial charge in [-0.15, -0.1) is 0 Å². The molecular formula is C14H18BrNO2. The van der Waals surface area contributed by atoms with E-state index in [2.05, 4.69) is 21.2 Å². The number of rotatable bonds is 4. The van der Waals surface area contributed by atoms with Gasteiger partial charge in [0.15, 0.2) is 0 Å². The van der Waals surface area contributed by atoms with Gasteiger partial charge in [-0.1, -0.05) is 40.5 Å². The third-order valence-corrected chi connectivity index (χ3v) is 4.23. The Morgan fingerprint density at radius 1 is 1.50 bits per heavy atom. The topological polar surface area (TPSA) is 49.3 Å². The summed E-state index contributed by atoms with van der Waals surface area (Å²) < 4.78 is 0.855. The summed E-state index contributed by atoms with van der Waals surface area (Å²) in [7, 11) is 0. The Bertz CT molecular complexity index is 441. The second-order valence-corrected chi connectivity index (χ2v) is 5.95. The minimum absolute atomic E-state index is 0.0635. The molecule has 2 N–H and O–H groups in total. The van der Waals surface area contributed by atoms with E-state index in [0.717, 1.165) is 29.3 Å². The van der Waals surface area contributed by atoms with Gasteiger partial charge in [0.05, 0.1) is 6.54 Å². The molecular weight excluding hydrogens is 294 g/mol. The molecule has 3 nitrogen and oxygen atoms in total. The van der Waals surface area contributed by atoms with Gasteiger partial charge in [-0.2, -0.15) is 0 Å². The molecule has 0 aromatic heterocycles. The molecule has 0 bridgehead atoms. The maximum Gasteiger partial charge on any atom is 0.223 e. The van der Waals surface area contributed by atoms with E-state index < -0.39 is 5.60 Å². The molecule has 0 radical (unpaired) electrons. The largest absolute Gasteiger partial charge is 0.384 e. The van der Waals surface area contributed by atoms with Gasteiger partial charge in [-0.3, -0.25) is 4.79 Å². The molecule has 98 valence electrons. The SMILES string of the molecule is CC(O)(CNC(=O)C1CCC1)c1ccccc1Br. The third-order valence-electron chi connectivity index (χ3n) is 3.54. The average molecular weight is 312 g/mol. The van der Waals surface area contributed by atoms with Crippen LogP contribution in [-0.2, 0) is 10.4 Å². The van der Waals surface area contributed by atoms with Crippen molar-refractivity contribution in [1.82, 2.24) is 5.32 Å². The van der Waals surface area contributed by atoms with Crippen molar-refractivity contribution in [3.05, 3.63) is 34.3 Å². The summed E-state index contributed by atoms with van der Waals surface area (Å²) in [5.74, 6) is 0.216. The first-order valence-electron chi connectivity index (χ1n) is 6.26. The lowest BCUT2D eigenvalue weighted by atomic mass is 9.84. The zero-order valence-electron chi connectivity index (χ0n) is 10.4. The Kier molecular flexibility index (Phi) is 4.07. The van der Waals surface area contributed by atoms with Crippen LogP contribution in [0, 0.1) is 5.92 Å². The van der Waals surface area contributed by atoms with Gasteiger partial charge < -0.3 is 10.4 Å². The van der Waals surface area contributed by atoms with Crippen LogP contribution in [0.3, 0.4) is 0 Å². The third kappa shape index (κ3) is 2.93. The standard InChI is InChI=1S/C14H18BrNO2/c1-14(18,11-7-2-3-8-12(11)15)9-16-13(17)10-5-4-6-10/h2-3,7-8,10,18H,4-6,9H2,1H3,(H,16,17). The van der Waals surface area contributed by atoms with E-state index in [4.69, 9.17) is 0 Å². The molecule has 2 rings (SSSR count). The molecule has 1 aliphatic carbocycles. The van der Waals surface area contributed by atoms with E-state index >= 15 is 0 Å². The molecule has 1 atom stereocenters. The van der Waals surface area contributed by atoms with Crippen LogP contribution in [0.25, 0.3) is 0 Å². The molecule has 1 aliphatic rings. The van der Waals surface area contributed by atoms with Crippen LogP contribution in [0.5, 0.6) is 0 Å². The number of hydrogen-bond acceptors (Lipinski definition) is 2. The quantitative estimate of drug-likeness (QED) is 0.898. The van der Waals surface area contributed by atoms with E-state index in [1.807, 2.05) is 24.3 Å². The van der Waals surface area contributed by atoms with Crippen LogP contribution in [0.1, 0.15) is 31.7 Å². The van der Waals surface area contributed by atoms with Crippen LogP contribution >= 0.6 is 15.9 Å². The molecule has 0 saturated heterocycles. The highest BCUT2D eigenvalue weighted by Crippen LogP contribution is 2.29. The second-order valence-electron chi connectivity index (χ2n) is 5.10. The maximum atomic E-state index is 11.8. The zero-order chi connectivity index (χ0) is 13.2. The molecule has 1 amide bonds. The van der Waals surface area contributed by atoms with Gasteiger partial charge in [0.25, 0.3) is 0 Å². The molecule has 4 heteroatoms. The number of nitrogens with one attached hydrogen (secondary N) is 1. The van der Waals surface area contributed by atoms with E-state index in [1.165, 1.54) is 0 Å². The van der Waals surface area contributed by atoms with Crippen molar-refractivity contribution in [3.8, 4) is 0 Å². The molecule has 1 fully saturated rings. The summed E-state index contributed by atoms with van der Waals surface area (Å²) in [6, 6.07) is 7.52. The number of benzene rings is 1. The molecule has 0 spiro atoms. The summed E-state index contributed by atoms with van der Waals surface area (Å²) in [5, 5.41) is 13.3. The Morgan fingerprint density at radius 3 is 2.72 bits per heavy atom. The van der Waals surface area contributed by atoms with Gasteiger partial charge in [0.2, 0.25) is 5.91 Å². The van der Waals surface area contributed by atoms with Crippen LogP contribution in [0.4, 0.5) is 0 Å². The van der Waals surface area contributed by atoms with Crippen molar-refractivity contribution in [1.29, 1.82) is 0 Å². The molecule has 1 aromatic carbocycles. The molecule has 1 aromatic rings. The number of halogens is 1. The molecule has 1 saturated carbocycles. The van der Waals surface area contributed by atoms with E-state index in [-0.39, 0.29) is 18.4 Å². The van der Waals surface area contributed by atoms with Gasteiger partial charge in [0, 0.05) is 10.4 Å². The lowest BCUT2D eigenvalue weighted by molar-refractivity contribution is -0.128. The van der Waals surface area contributed by atoms with Gasteiger partial charge >= 0.3 is 0 Å². The molecule has 1 unspecified atom stereocenters. The maximum absolute atomic E-state index is 11.8. The highest BCUT2D eigenvalue weighted by molar-refractivity contribution is 9.10. The summed E-state index contributed by atoms with van der Waals surface area (Å²) in [5.41, 5.74) is -0.265. The van der Waals surface area contributed by atoms with Crippen molar-refractivity contribution in [3.63, 3.8) is 0 Å².